The number of benzene rings is 3. The molecule has 3 aliphatic carbocycles. The minimum absolute atomic E-state index is 0.194. The Morgan fingerprint density at radius 3 is 1.87 bits per heavy atom. The van der Waals surface area contributed by atoms with Crippen LogP contribution in [0.2, 0.25) is 0 Å². The lowest BCUT2D eigenvalue weighted by molar-refractivity contribution is -0.120. The Kier molecular flexibility index (Phi) is 17.8. The second-order valence-electron chi connectivity index (χ2n) is 15.7. The number of nitrogens with two attached hydrogens (primary N) is 1. The lowest BCUT2D eigenvalue weighted by Gasteiger charge is -2.13. The van der Waals surface area contributed by atoms with Gasteiger partial charge in [0, 0.05) is 41.9 Å². The predicted octanol–water partition coefficient (Wildman–Crippen LogP) is 11.0. The number of nitrogen functional groups attached to an aromatic ring is 1. The normalized spacial score (nSPS) is 13.0. The zero-order valence-corrected chi connectivity index (χ0v) is 39.4. The van der Waals surface area contributed by atoms with E-state index >= 15 is 0 Å². The van der Waals surface area contributed by atoms with Crippen LogP contribution < -0.4 is 26.4 Å². The Bertz CT molecular complexity index is 3040. The van der Waals surface area contributed by atoms with Gasteiger partial charge in [-0.05, 0) is 95.7 Å². The van der Waals surface area contributed by atoms with Gasteiger partial charge in [-0.15, -0.1) is 23.2 Å². The zero-order chi connectivity index (χ0) is 49.3. The molecule has 0 radical (unpaired) electrons. The third kappa shape index (κ3) is 14.4. The van der Waals surface area contributed by atoms with Gasteiger partial charge in [-0.1, -0.05) is 18.2 Å². The van der Waals surface area contributed by atoms with E-state index in [9.17, 15) is 9.59 Å². The first-order valence-electron chi connectivity index (χ1n) is 21.5. The third-order valence-electron chi connectivity index (χ3n) is 10.5. The smallest absolute Gasteiger partial charge is 0.298 e. The fourth-order valence-electron chi connectivity index (χ4n) is 6.47. The number of carbonyl (C=O) groups excluding carboxylic acids is 2. The van der Waals surface area contributed by atoms with Crippen molar-refractivity contribution in [3.8, 4) is 17.1 Å². The Balaban J connectivity index is 0.000000154. The van der Waals surface area contributed by atoms with Gasteiger partial charge in [-0.25, -0.2) is 49.4 Å². The first kappa shape index (κ1) is 50.2. The van der Waals surface area contributed by atoms with Crippen LogP contribution in [0.4, 0.5) is 39.8 Å². The Morgan fingerprint density at radius 2 is 1.29 bits per heavy atom. The van der Waals surface area contributed by atoms with Gasteiger partial charge in [0.2, 0.25) is 0 Å². The van der Waals surface area contributed by atoms with Crippen LogP contribution in [0.1, 0.15) is 72.0 Å². The minimum atomic E-state index is -0.257. The molecule has 20 heteroatoms. The molecule has 4 aromatic heterocycles. The molecular weight excluding hydrogens is 918 g/mol. The van der Waals surface area contributed by atoms with Crippen LogP contribution in [0.5, 0.6) is 5.75 Å². The number of hydrogen-bond donors (Lipinski definition) is 4. The van der Waals surface area contributed by atoms with Crippen LogP contribution in [-0.2, 0) is 4.79 Å². The van der Waals surface area contributed by atoms with E-state index in [1.807, 2.05) is 31.3 Å². The largest absolute Gasteiger partial charge is 0.425 e. The second kappa shape index (κ2) is 24.5. The number of rotatable bonds is 10. The van der Waals surface area contributed by atoms with Gasteiger partial charge >= 0.3 is 0 Å². The standard InChI is InChI=1S/C16H15N5O.C16H13N5.C10H11N3.C6H6N2O2.CH2Cl2/c1-10-13(8-18-9-19-10)16(22)21-14-6-5-12(17-2)7-15(14)20-11-3-4-11;1-10-13(8-18-9-19-10)16-20-14-6-3-11(17-2)7-15(14)21(16)12-4-5-12;1-12-8-4-5-9(11)10(6-8)13-7-2-3-7;1-5-6(10-4-9)2-7-3-8-5;2-1-3/h5-9,11,20H,3-4H2,1H3,(H,21,22);3,6-9,12H,4-5H2,1H3;4-7,13H,2-3,11H2;2-4H,1H3;1H2. The topological polar surface area (TPSA) is 214 Å². The number of nitrogens with one attached hydrogen (secondary N) is 3. The number of aromatic nitrogens is 8. The van der Waals surface area contributed by atoms with Crippen molar-refractivity contribution >= 4 is 86.4 Å². The lowest BCUT2D eigenvalue weighted by atomic mass is 10.2. The summed E-state index contributed by atoms with van der Waals surface area (Å²) in [6.45, 7) is 27.0. The van der Waals surface area contributed by atoms with Gasteiger partial charge in [0.05, 0.1) is 81.9 Å². The number of hydrogen-bond acceptors (Lipinski definition) is 13. The molecule has 0 atom stereocenters. The molecule has 350 valence electrons. The molecule has 3 fully saturated rings. The van der Waals surface area contributed by atoms with E-state index in [1.165, 1.54) is 37.9 Å². The average molecular weight is 965 g/mol. The maximum absolute atomic E-state index is 12.4. The van der Waals surface area contributed by atoms with Gasteiger partial charge in [0.25, 0.3) is 12.4 Å². The van der Waals surface area contributed by atoms with Crippen molar-refractivity contribution in [2.75, 3.05) is 27.0 Å². The maximum atomic E-state index is 12.4. The summed E-state index contributed by atoms with van der Waals surface area (Å²) in [5, 5.41) is 9.69. The highest BCUT2D eigenvalue weighted by Gasteiger charge is 2.29. The number of anilines is 4. The SMILES string of the molecule is Cc1ncncc1OC=O.ClCCl.[C-]#[N+]c1ccc(N)c(NC2CC2)c1.[C-]#[N+]c1ccc(NC(=O)c2cncnc2C)c(NC2CC2)c1.[C-]#[N+]c1ccc2nc(-c3cncnc3C)n(C3CC3)c2c1. The lowest BCUT2D eigenvalue weighted by Crippen LogP contribution is -2.16. The van der Waals surface area contributed by atoms with E-state index < -0.39 is 0 Å². The van der Waals surface area contributed by atoms with Gasteiger partial charge < -0.3 is 31.0 Å². The molecule has 3 saturated carbocycles. The second-order valence-corrected chi connectivity index (χ2v) is 16.5. The van der Waals surface area contributed by atoms with Crippen LogP contribution >= 0.6 is 23.2 Å². The summed E-state index contributed by atoms with van der Waals surface area (Å²) in [6, 6.07) is 17.7. The molecule has 0 bridgehead atoms. The summed E-state index contributed by atoms with van der Waals surface area (Å²) < 4.78 is 6.78. The molecular formula is C49H47Cl2N15O3. The van der Waals surface area contributed by atoms with Gasteiger partial charge in [-0.2, -0.15) is 0 Å². The van der Waals surface area contributed by atoms with Crippen LogP contribution in [0.3, 0.4) is 0 Å². The molecule has 0 aliphatic heterocycles. The Labute approximate surface area is 409 Å². The predicted molar refractivity (Wildman–Crippen MR) is 268 cm³/mol. The molecule has 0 spiro atoms. The number of carbonyl (C=O) groups is 2. The summed E-state index contributed by atoms with van der Waals surface area (Å²) in [5.74, 6) is 1.05. The number of aryl methyl sites for hydroxylation is 3. The molecule has 4 heterocycles. The highest BCUT2D eigenvalue weighted by Crippen LogP contribution is 2.42. The molecule has 3 aliphatic rings. The molecule has 7 aromatic rings. The van der Waals surface area contributed by atoms with Crippen molar-refractivity contribution in [3.05, 3.63) is 149 Å². The van der Waals surface area contributed by atoms with Crippen LogP contribution in [0, 0.1) is 40.5 Å². The number of ether oxygens (including phenoxy) is 1. The zero-order valence-electron chi connectivity index (χ0n) is 37.9. The van der Waals surface area contributed by atoms with Crippen molar-refractivity contribution < 1.29 is 14.3 Å². The highest BCUT2D eigenvalue weighted by molar-refractivity contribution is 6.40. The van der Waals surface area contributed by atoms with E-state index in [-0.39, 0.29) is 11.2 Å². The molecule has 0 saturated heterocycles. The number of alkyl halides is 2. The third-order valence-corrected chi connectivity index (χ3v) is 10.5. The Morgan fingerprint density at radius 1 is 0.739 bits per heavy atom. The van der Waals surface area contributed by atoms with Crippen molar-refractivity contribution in [3.63, 3.8) is 0 Å². The van der Waals surface area contributed by atoms with Crippen molar-refractivity contribution in [2.45, 2.75) is 77.4 Å². The average Bonchev–Trinajstić information content (AvgIpc) is 4.25. The summed E-state index contributed by atoms with van der Waals surface area (Å²) >= 11 is 9.53. The summed E-state index contributed by atoms with van der Waals surface area (Å²) in [7, 11) is 0. The van der Waals surface area contributed by atoms with Gasteiger partial charge in [0.1, 0.15) is 24.8 Å². The van der Waals surface area contributed by atoms with Crippen molar-refractivity contribution in [1.29, 1.82) is 0 Å². The van der Waals surface area contributed by atoms with E-state index in [1.54, 1.807) is 56.6 Å². The fraction of sp³-hybridized carbons (Fsp3) is 0.265. The summed E-state index contributed by atoms with van der Waals surface area (Å²) in [4.78, 5) is 61.1. The Hall–Kier alpha value is -8.24. The van der Waals surface area contributed by atoms with Crippen molar-refractivity contribution in [2.24, 2.45) is 0 Å². The quantitative estimate of drug-likeness (QED) is 0.0435. The molecule has 3 aromatic carbocycles. The molecule has 5 N–H and O–H groups in total. The molecule has 18 nitrogen and oxygen atoms in total. The molecule has 69 heavy (non-hydrogen) atoms. The van der Waals surface area contributed by atoms with E-state index in [0.717, 1.165) is 70.9 Å². The number of halogens is 2. The van der Waals surface area contributed by atoms with Crippen LogP contribution in [-0.4, -0.2) is 69.3 Å². The monoisotopic (exact) mass is 963 g/mol. The van der Waals surface area contributed by atoms with Crippen LogP contribution in [0.25, 0.3) is 37.0 Å². The van der Waals surface area contributed by atoms with Gasteiger partial charge in [0.15, 0.2) is 22.8 Å². The molecule has 1 amide bonds. The highest BCUT2D eigenvalue weighted by atomic mass is 35.5. The first-order valence-corrected chi connectivity index (χ1v) is 22.6. The van der Waals surface area contributed by atoms with E-state index in [4.69, 9.17) is 53.6 Å². The number of fused-ring (bicyclic) bond motifs is 1. The minimum Gasteiger partial charge on any atom is -0.425 e. The van der Waals surface area contributed by atoms with Gasteiger partial charge in [-0.3, -0.25) is 9.59 Å². The van der Waals surface area contributed by atoms with E-state index in [0.29, 0.717) is 70.0 Å². The van der Waals surface area contributed by atoms with Crippen molar-refractivity contribution in [1.82, 2.24) is 39.5 Å². The summed E-state index contributed by atoms with van der Waals surface area (Å²) in [5.41, 5.74) is 16.2. The number of imidazole rings is 1. The number of amides is 1. The molecule has 0 unspecified atom stereocenters. The first-order chi connectivity index (χ1) is 33.5. The van der Waals surface area contributed by atoms with E-state index in [2.05, 4.69) is 69.7 Å². The summed E-state index contributed by atoms with van der Waals surface area (Å²) in [6.07, 6.45) is 16.1. The maximum Gasteiger partial charge on any atom is 0.298 e. The number of nitrogens with zero attached hydrogens (tertiary/aromatic N) is 11. The van der Waals surface area contributed by atoms with Crippen LogP contribution in [0.15, 0.2) is 92.2 Å². The molecule has 10 rings (SSSR count). The fourth-order valence-corrected chi connectivity index (χ4v) is 6.47.